The maximum Gasteiger partial charge on any atom is 0.243 e. The number of amides is 1. The van der Waals surface area contributed by atoms with Crippen molar-refractivity contribution in [1.29, 1.82) is 0 Å². The van der Waals surface area contributed by atoms with Crippen LogP contribution in [0.1, 0.15) is 5.56 Å². The van der Waals surface area contributed by atoms with Crippen molar-refractivity contribution in [3.63, 3.8) is 0 Å². The van der Waals surface area contributed by atoms with E-state index in [4.69, 9.17) is 23.2 Å². The zero-order chi connectivity index (χ0) is 16.2. The van der Waals surface area contributed by atoms with Crippen molar-refractivity contribution in [2.24, 2.45) is 0 Å². The lowest BCUT2D eigenvalue weighted by atomic mass is 10.2. The molecule has 0 aliphatic heterocycles. The molecule has 0 aliphatic carbocycles. The molecule has 0 saturated carbocycles. The van der Waals surface area contributed by atoms with Crippen molar-refractivity contribution in [2.75, 3.05) is 0 Å². The van der Waals surface area contributed by atoms with Crippen LogP contribution < -0.4 is 5.32 Å². The first-order chi connectivity index (χ1) is 11.1. The Morgan fingerprint density at radius 3 is 2.91 bits per heavy atom. The molecular weight excluding hydrogens is 357 g/mol. The molecule has 0 unspecified atom stereocenters. The molecule has 0 radical (unpaired) electrons. The Balaban J connectivity index is 1.57. The second kappa shape index (κ2) is 7.08. The zero-order valence-electron chi connectivity index (χ0n) is 11.7. The molecule has 118 valence electrons. The SMILES string of the molecule is O=C(Cn1nnc(-c2ccsc2)n1)NCc1ccc(Cl)cc1Cl. The van der Waals surface area contributed by atoms with Crippen molar-refractivity contribution in [3.05, 3.63) is 50.6 Å². The van der Waals surface area contributed by atoms with Crippen LogP contribution in [0, 0.1) is 0 Å². The number of rotatable bonds is 5. The largest absolute Gasteiger partial charge is 0.350 e. The summed E-state index contributed by atoms with van der Waals surface area (Å²) in [5.74, 6) is 0.269. The van der Waals surface area contributed by atoms with Gasteiger partial charge in [-0.25, -0.2) is 0 Å². The molecule has 0 atom stereocenters. The van der Waals surface area contributed by atoms with Crippen molar-refractivity contribution >= 4 is 40.4 Å². The van der Waals surface area contributed by atoms with Gasteiger partial charge in [0, 0.05) is 27.5 Å². The van der Waals surface area contributed by atoms with Crippen LogP contribution in [0.15, 0.2) is 35.0 Å². The molecule has 3 rings (SSSR count). The molecule has 1 N–H and O–H groups in total. The number of benzene rings is 1. The summed E-state index contributed by atoms with van der Waals surface area (Å²) in [4.78, 5) is 13.2. The van der Waals surface area contributed by atoms with Gasteiger partial charge >= 0.3 is 0 Å². The van der Waals surface area contributed by atoms with E-state index >= 15 is 0 Å². The Labute approximate surface area is 146 Å². The van der Waals surface area contributed by atoms with Gasteiger partial charge in [0.25, 0.3) is 0 Å². The van der Waals surface area contributed by atoms with Gasteiger partial charge in [0.1, 0.15) is 6.54 Å². The molecule has 6 nitrogen and oxygen atoms in total. The summed E-state index contributed by atoms with van der Waals surface area (Å²) >= 11 is 13.4. The van der Waals surface area contributed by atoms with Gasteiger partial charge in [0.05, 0.1) is 0 Å². The van der Waals surface area contributed by atoms with Crippen LogP contribution in [0.5, 0.6) is 0 Å². The Morgan fingerprint density at radius 1 is 1.30 bits per heavy atom. The van der Waals surface area contributed by atoms with Gasteiger partial charge in [0.2, 0.25) is 11.7 Å². The third-order valence-electron chi connectivity index (χ3n) is 3.01. The summed E-state index contributed by atoms with van der Waals surface area (Å²) in [7, 11) is 0. The van der Waals surface area contributed by atoms with E-state index in [9.17, 15) is 4.79 Å². The van der Waals surface area contributed by atoms with E-state index < -0.39 is 0 Å². The molecular formula is C14H11Cl2N5OS. The molecule has 0 saturated heterocycles. The normalized spacial score (nSPS) is 10.7. The zero-order valence-corrected chi connectivity index (χ0v) is 14.1. The average Bonchev–Trinajstić information content (AvgIpc) is 3.17. The first-order valence-electron chi connectivity index (χ1n) is 6.63. The minimum Gasteiger partial charge on any atom is -0.350 e. The standard InChI is InChI=1S/C14H11Cl2N5OS/c15-11-2-1-9(12(16)5-11)6-17-13(22)7-21-19-14(18-20-21)10-3-4-23-8-10/h1-5,8H,6-7H2,(H,17,22). The summed E-state index contributed by atoms with van der Waals surface area (Å²) in [5.41, 5.74) is 1.67. The lowest BCUT2D eigenvalue weighted by Gasteiger charge is -2.06. The van der Waals surface area contributed by atoms with Crippen molar-refractivity contribution < 1.29 is 4.79 Å². The molecule has 23 heavy (non-hydrogen) atoms. The fourth-order valence-corrected chi connectivity index (χ4v) is 2.97. The molecule has 0 fully saturated rings. The topological polar surface area (TPSA) is 72.7 Å². The third kappa shape index (κ3) is 4.07. The van der Waals surface area contributed by atoms with Crippen LogP contribution in [-0.2, 0) is 17.9 Å². The minimum absolute atomic E-state index is 0.0116. The van der Waals surface area contributed by atoms with E-state index in [0.29, 0.717) is 22.4 Å². The maximum absolute atomic E-state index is 12.0. The van der Waals surface area contributed by atoms with E-state index in [1.54, 1.807) is 29.5 Å². The Kier molecular flexibility index (Phi) is 4.90. The fraction of sp³-hybridized carbons (Fsp3) is 0.143. The number of hydrogen-bond acceptors (Lipinski definition) is 5. The van der Waals surface area contributed by atoms with Crippen molar-refractivity contribution in [1.82, 2.24) is 25.5 Å². The number of carbonyl (C=O) groups excluding carboxylic acids is 1. The lowest BCUT2D eigenvalue weighted by Crippen LogP contribution is -2.28. The highest BCUT2D eigenvalue weighted by Crippen LogP contribution is 2.20. The second-order valence-electron chi connectivity index (χ2n) is 4.67. The maximum atomic E-state index is 12.0. The smallest absolute Gasteiger partial charge is 0.243 e. The molecule has 0 bridgehead atoms. The number of tetrazole rings is 1. The van der Waals surface area contributed by atoms with Gasteiger partial charge in [-0.2, -0.15) is 16.1 Å². The molecule has 0 aliphatic rings. The van der Waals surface area contributed by atoms with E-state index in [1.165, 1.54) is 4.80 Å². The highest BCUT2D eigenvalue weighted by molar-refractivity contribution is 7.08. The lowest BCUT2D eigenvalue weighted by molar-refractivity contribution is -0.122. The van der Waals surface area contributed by atoms with Gasteiger partial charge in [0.15, 0.2) is 0 Å². The average molecular weight is 368 g/mol. The summed E-state index contributed by atoms with van der Waals surface area (Å²) in [6.45, 7) is 0.295. The third-order valence-corrected chi connectivity index (χ3v) is 4.28. The molecule has 9 heteroatoms. The molecule has 1 amide bonds. The van der Waals surface area contributed by atoms with Crippen LogP contribution in [0.25, 0.3) is 11.4 Å². The van der Waals surface area contributed by atoms with Gasteiger partial charge in [-0.15, -0.1) is 10.2 Å². The first kappa shape index (κ1) is 15.9. The number of nitrogens with one attached hydrogen (secondary N) is 1. The monoisotopic (exact) mass is 367 g/mol. The molecule has 3 aromatic rings. The van der Waals surface area contributed by atoms with Crippen molar-refractivity contribution in [2.45, 2.75) is 13.1 Å². The summed E-state index contributed by atoms with van der Waals surface area (Å²) < 4.78 is 0. The van der Waals surface area contributed by atoms with E-state index in [0.717, 1.165) is 11.1 Å². The van der Waals surface area contributed by atoms with E-state index in [-0.39, 0.29) is 12.5 Å². The van der Waals surface area contributed by atoms with Gasteiger partial charge in [-0.05, 0) is 34.4 Å². The molecule has 2 heterocycles. The number of hydrogen-bond donors (Lipinski definition) is 1. The number of carbonyl (C=O) groups is 1. The quantitative estimate of drug-likeness (QED) is 0.752. The van der Waals surface area contributed by atoms with Crippen LogP contribution >= 0.6 is 34.5 Å². The summed E-state index contributed by atoms with van der Waals surface area (Å²) in [6, 6.07) is 7.03. The van der Waals surface area contributed by atoms with Crippen LogP contribution in [0.4, 0.5) is 0 Å². The Bertz CT molecular complexity index is 818. The molecule has 2 aromatic heterocycles. The molecule has 0 spiro atoms. The van der Waals surface area contributed by atoms with Gasteiger partial charge < -0.3 is 5.32 Å². The molecule has 1 aromatic carbocycles. The van der Waals surface area contributed by atoms with Crippen LogP contribution in [0.3, 0.4) is 0 Å². The summed E-state index contributed by atoms with van der Waals surface area (Å²) in [5, 5.41) is 19.6. The Morgan fingerprint density at radius 2 is 2.17 bits per heavy atom. The minimum atomic E-state index is -0.231. The van der Waals surface area contributed by atoms with Gasteiger partial charge in [-0.3, -0.25) is 4.79 Å². The highest BCUT2D eigenvalue weighted by Gasteiger charge is 2.10. The van der Waals surface area contributed by atoms with Crippen LogP contribution in [0.2, 0.25) is 10.0 Å². The fourth-order valence-electron chi connectivity index (χ4n) is 1.86. The second-order valence-corrected chi connectivity index (χ2v) is 6.29. The van der Waals surface area contributed by atoms with Gasteiger partial charge in [-0.1, -0.05) is 29.3 Å². The first-order valence-corrected chi connectivity index (χ1v) is 8.33. The number of aromatic nitrogens is 4. The van der Waals surface area contributed by atoms with E-state index in [2.05, 4.69) is 20.7 Å². The predicted molar refractivity (Wildman–Crippen MR) is 89.4 cm³/mol. The number of nitrogens with zero attached hydrogens (tertiary/aromatic N) is 4. The van der Waals surface area contributed by atoms with Crippen molar-refractivity contribution in [3.8, 4) is 11.4 Å². The number of thiophene rings is 1. The predicted octanol–water partition coefficient (Wildman–Crippen LogP) is 3.02. The highest BCUT2D eigenvalue weighted by atomic mass is 35.5. The summed E-state index contributed by atoms with van der Waals surface area (Å²) in [6.07, 6.45) is 0. The number of halogens is 2. The van der Waals surface area contributed by atoms with Crippen LogP contribution in [-0.4, -0.2) is 26.1 Å². The Hall–Kier alpha value is -1.96. The van der Waals surface area contributed by atoms with E-state index in [1.807, 2.05) is 16.8 Å².